The molecule has 5 heteroatoms. The van der Waals surface area contributed by atoms with E-state index in [4.69, 9.17) is 5.73 Å². The fourth-order valence-corrected chi connectivity index (χ4v) is 1.04. The Hall–Kier alpha value is -1.20. The average Bonchev–Trinajstić information content (AvgIpc) is 2.17. The summed E-state index contributed by atoms with van der Waals surface area (Å²) < 4.78 is 0. The van der Waals surface area contributed by atoms with E-state index in [1.165, 1.54) is 6.20 Å². The Morgan fingerprint density at radius 1 is 1.50 bits per heavy atom. The van der Waals surface area contributed by atoms with Gasteiger partial charge in [-0.05, 0) is 0 Å². The molecule has 0 saturated heterocycles. The van der Waals surface area contributed by atoms with Crippen molar-refractivity contribution < 1.29 is 10.2 Å². The van der Waals surface area contributed by atoms with Gasteiger partial charge in [0.05, 0.1) is 6.20 Å². The zero-order valence-electron chi connectivity index (χ0n) is 8.31. The standard InChI is InChI=1S/C9H15N3O2/c1-5(2)9-11-4-7(14)8(12-9)6(13)3-10/h4-6,13-14H,3,10H2,1-2H3. The minimum Gasteiger partial charge on any atom is -0.504 e. The van der Waals surface area contributed by atoms with E-state index in [1.807, 2.05) is 13.8 Å². The second kappa shape index (κ2) is 4.34. The lowest BCUT2D eigenvalue weighted by Gasteiger charge is -2.11. The molecule has 1 unspecified atom stereocenters. The molecular formula is C9H15N3O2. The van der Waals surface area contributed by atoms with Crippen molar-refractivity contribution in [3.8, 4) is 5.75 Å². The maximum Gasteiger partial charge on any atom is 0.158 e. The van der Waals surface area contributed by atoms with E-state index in [-0.39, 0.29) is 23.9 Å². The van der Waals surface area contributed by atoms with E-state index in [0.717, 1.165) is 0 Å². The van der Waals surface area contributed by atoms with Gasteiger partial charge in [-0.3, -0.25) is 0 Å². The van der Waals surface area contributed by atoms with E-state index in [0.29, 0.717) is 5.82 Å². The van der Waals surface area contributed by atoms with Gasteiger partial charge < -0.3 is 15.9 Å². The van der Waals surface area contributed by atoms with Gasteiger partial charge in [0.25, 0.3) is 0 Å². The molecule has 1 rings (SSSR count). The molecule has 0 fully saturated rings. The predicted molar refractivity (Wildman–Crippen MR) is 51.8 cm³/mol. The number of aliphatic hydroxyl groups is 1. The summed E-state index contributed by atoms with van der Waals surface area (Å²) in [5.74, 6) is 0.622. The van der Waals surface area contributed by atoms with E-state index < -0.39 is 6.10 Å². The zero-order chi connectivity index (χ0) is 10.7. The van der Waals surface area contributed by atoms with E-state index >= 15 is 0 Å². The zero-order valence-corrected chi connectivity index (χ0v) is 8.31. The molecule has 78 valence electrons. The highest BCUT2D eigenvalue weighted by atomic mass is 16.3. The van der Waals surface area contributed by atoms with Crippen LogP contribution in [0.2, 0.25) is 0 Å². The molecule has 1 aromatic heterocycles. The molecular weight excluding hydrogens is 182 g/mol. The first-order valence-corrected chi connectivity index (χ1v) is 4.50. The third-order valence-corrected chi connectivity index (χ3v) is 1.87. The largest absolute Gasteiger partial charge is 0.504 e. The first-order chi connectivity index (χ1) is 6.56. The van der Waals surface area contributed by atoms with Crippen LogP contribution in [0.5, 0.6) is 5.75 Å². The number of aromatic nitrogens is 2. The summed E-state index contributed by atoms with van der Waals surface area (Å²) in [7, 11) is 0. The van der Waals surface area contributed by atoms with Gasteiger partial charge in [0, 0.05) is 12.5 Å². The summed E-state index contributed by atoms with van der Waals surface area (Å²) in [6.45, 7) is 3.90. The smallest absolute Gasteiger partial charge is 0.158 e. The van der Waals surface area contributed by atoms with Crippen molar-refractivity contribution in [2.75, 3.05) is 6.54 Å². The van der Waals surface area contributed by atoms with Gasteiger partial charge in [-0.2, -0.15) is 0 Å². The van der Waals surface area contributed by atoms with Crippen LogP contribution < -0.4 is 5.73 Å². The third kappa shape index (κ3) is 2.18. The molecule has 0 aromatic carbocycles. The molecule has 14 heavy (non-hydrogen) atoms. The van der Waals surface area contributed by atoms with Gasteiger partial charge in [0.1, 0.15) is 17.6 Å². The van der Waals surface area contributed by atoms with E-state index in [1.54, 1.807) is 0 Å². The number of hydrogen-bond donors (Lipinski definition) is 3. The van der Waals surface area contributed by atoms with Crippen LogP contribution in [0.25, 0.3) is 0 Å². The Morgan fingerprint density at radius 2 is 2.14 bits per heavy atom. The van der Waals surface area contributed by atoms with Crippen LogP contribution in [0.15, 0.2) is 6.20 Å². The fraction of sp³-hybridized carbons (Fsp3) is 0.556. The van der Waals surface area contributed by atoms with Crippen molar-refractivity contribution in [3.63, 3.8) is 0 Å². The highest BCUT2D eigenvalue weighted by molar-refractivity contribution is 5.25. The lowest BCUT2D eigenvalue weighted by Crippen LogP contribution is -2.14. The number of nitrogens with two attached hydrogens (primary N) is 1. The lowest BCUT2D eigenvalue weighted by atomic mass is 10.2. The number of hydrogen-bond acceptors (Lipinski definition) is 5. The summed E-state index contributed by atoms with van der Waals surface area (Å²) in [6.07, 6.45) is 0.354. The van der Waals surface area contributed by atoms with Gasteiger partial charge in [-0.25, -0.2) is 9.97 Å². The van der Waals surface area contributed by atoms with Crippen molar-refractivity contribution >= 4 is 0 Å². The van der Waals surface area contributed by atoms with Crippen LogP contribution in [0, 0.1) is 0 Å². The molecule has 5 nitrogen and oxygen atoms in total. The Morgan fingerprint density at radius 3 is 2.64 bits per heavy atom. The number of aliphatic hydroxyl groups excluding tert-OH is 1. The van der Waals surface area contributed by atoms with Crippen LogP contribution in [0.1, 0.15) is 37.4 Å². The molecule has 4 N–H and O–H groups in total. The molecule has 0 amide bonds. The van der Waals surface area contributed by atoms with Crippen molar-refractivity contribution in [1.82, 2.24) is 9.97 Å². The molecule has 0 bridgehead atoms. The molecule has 1 heterocycles. The van der Waals surface area contributed by atoms with Crippen molar-refractivity contribution in [2.24, 2.45) is 5.73 Å². The topological polar surface area (TPSA) is 92.3 Å². The Labute approximate surface area is 82.6 Å². The molecule has 0 aliphatic carbocycles. The second-order valence-electron chi connectivity index (χ2n) is 3.40. The normalized spacial score (nSPS) is 13.2. The summed E-state index contributed by atoms with van der Waals surface area (Å²) in [6, 6.07) is 0. The van der Waals surface area contributed by atoms with E-state index in [9.17, 15) is 10.2 Å². The van der Waals surface area contributed by atoms with Crippen LogP contribution in [-0.4, -0.2) is 26.7 Å². The quantitative estimate of drug-likeness (QED) is 0.648. The summed E-state index contributed by atoms with van der Waals surface area (Å²) in [5.41, 5.74) is 5.48. The predicted octanol–water partition coefficient (Wildman–Crippen LogP) is 0.298. The molecule has 0 saturated carbocycles. The number of aromatic hydroxyl groups is 1. The first-order valence-electron chi connectivity index (χ1n) is 4.50. The summed E-state index contributed by atoms with van der Waals surface area (Å²) in [4.78, 5) is 7.99. The average molecular weight is 197 g/mol. The van der Waals surface area contributed by atoms with Crippen molar-refractivity contribution in [2.45, 2.75) is 25.9 Å². The van der Waals surface area contributed by atoms with Gasteiger partial charge in [-0.1, -0.05) is 13.8 Å². The minimum atomic E-state index is -0.935. The fourth-order valence-electron chi connectivity index (χ4n) is 1.04. The lowest BCUT2D eigenvalue weighted by molar-refractivity contribution is 0.176. The van der Waals surface area contributed by atoms with Crippen molar-refractivity contribution in [3.05, 3.63) is 17.7 Å². The second-order valence-corrected chi connectivity index (χ2v) is 3.40. The van der Waals surface area contributed by atoms with Crippen molar-refractivity contribution in [1.29, 1.82) is 0 Å². The van der Waals surface area contributed by atoms with Crippen LogP contribution in [0.4, 0.5) is 0 Å². The first kappa shape index (κ1) is 10.9. The number of rotatable bonds is 3. The van der Waals surface area contributed by atoms with Gasteiger partial charge in [0.15, 0.2) is 5.75 Å². The Balaban J connectivity index is 3.08. The Bertz CT molecular complexity index is 315. The summed E-state index contributed by atoms with van der Waals surface area (Å²) >= 11 is 0. The van der Waals surface area contributed by atoms with Crippen LogP contribution >= 0.6 is 0 Å². The highest BCUT2D eigenvalue weighted by Crippen LogP contribution is 2.22. The number of nitrogens with zero attached hydrogens (tertiary/aromatic N) is 2. The molecule has 0 aliphatic rings. The van der Waals surface area contributed by atoms with Crippen LogP contribution in [-0.2, 0) is 0 Å². The van der Waals surface area contributed by atoms with Gasteiger partial charge in [-0.15, -0.1) is 0 Å². The molecule has 0 radical (unpaired) electrons. The van der Waals surface area contributed by atoms with Gasteiger partial charge in [0.2, 0.25) is 0 Å². The minimum absolute atomic E-state index is 0.0299. The SMILES string of the molecule is CC(C)c1ncc(O)c(C(O)CN)n1. The molecule has 0 spiro atoms. The third-order valence-electron chi connectivity index (χ3n) is 1.87. The van der Waals surface area contributed by atoms with E-state index in [2.05, 4.69) is 9.97 Å². The molecule has 1 atom stereocenters. The van der Waals surface area contributed by atoms with Gasteiger partial charge >= 0.3 is 0 Å². The monoisotopic (exact) mass is 197 g/mol. The maximum absolute atomic E-state index is 9.44. The van der Waals surface area contributed by atoms with Crippen LogP contribution in [0.3, 0.4) is 0 Å². The Kier molecular flexibility index (Phi) is 3.38. The molecule has 1 aromatic rings. The summed E-state index contributed by atoms with van der Waals surface area (Å²) in [5, 5.41) is 18.8. The molecule has 0 aliphatic heterocycles. The maximum atomic E-state index is 9.44. The highest BCUT2D eigenvalue weighted by Gasteiger charge is 2.15.